The van der Waals surface area contributed by atoms with Crippen LogP contribution in [0.15, 0.2) is 83.8 Å². The van der Waals surface area contributed by atoms with Gasteiger partial charge >= 0.3 is 0 Å². The molecule has 2 heterocycles. The summed E-state index contributed by atoms with van der Waals surface area (Å²) in [4.78, 5) is 26.0. The predicted molar refractivity (Wildman–Crippen MR) is 132 cm³/mol. The number of rotatable bonds is 5. The second-order valence-corrected chi connectivity index (χ2v) is 8.37. The summed E-state index contributed by atoms with van der Waals surface area (Å²) in [6.07, 6.45) is 1.61. The first-order chi connectivity index (χ1) is 16.0. The first-order valence-corrected chi connectivity index (χ1v) is 11.0. The molecule has 0 fully saturated rings. The highest BCUT2D eigenvalue weighted by molar-refractivity contribution is 6.42. The van der Waals surface area contributed by atoms with Gasteiger partial charge in [-0.05, 0) is 35.9 Å². The number of benzene rings is 3. The van der Waals surface area contributed by atoms with Crippen molar-refractivity contribution in [3.63, 3.8) is 0 Å². The second kappa shape index (κ2) is 8.73. The van der Waals surface area contributed by atoms with Crippen LogP contribution in [0.5, 0.6) is 0 Å². The topological polar surface area (TPSA) is 68.9 Å². The number of carbonyl (C=O) groups is 1. The Morgan fingerprint density at radius 2 is 1.55 bits per heavy atom. The van der Waals surface area contributed by atoms with Crippen LogP contribution in [0, 0.1) is 0 Å². The molecule has 33 heavy (non-hydrogen) atoms. The van der Waals surface area contributed by atoms with Crippen LogP contribution in [0.3, 0.4) is 0 Å². The van der Waals surface area contributed by atoms with E-state index in [9.17, 15) is 9.59 Å². The van der Waals surface area contributed by atoms with E-state index in [1.165, 1.54) is 0 Å². The maximum Gasteiger partial charge on any atom is 0.245 e. The smallest absolute Gasteiger partial charge is 0.245 e. The molecule has 1 N–H and O–H groups in total. The minimum Gasteiger partial charge on any atom is -0.331 e. The van der Waals surface area contributed by atoms with Gasteiger partial charge in [0.05, 0.1) is 33.8 Å². The lowest BCUT2D eigenvalue weighted by molar-refractivity contribution is -0.116. The Labute approximate surface area is 199 Å². The fourth-order valence-electron chi connectivity index (χ4n) is 3.97. The highest BCUT2D eigenvalue weighted by atomic mass is 35.5. The zero-order chi connectivity index (χ0) is 22.9. The lowest BCUT2D eigenvalue weighted by atomic mass is 10.1. The standard InChI is InChI=1S/C25H18Cl2N4O2/c26-19-9-5-6-16(24(19)27)14-31-22(12-13-28-31)29-23(32)15-30-20-10-3-1-7-17(20)25(33)18-8-2-4-11-21(18)30/h1-13H,14-15H2,(H,29,32). The number of carbonyl (C=O) groups excluding carboxylic acids is 1. The molecule has 0 spiro atoms. The predicted octanol–water partition coefficient (Wildman–Crippen LogP) is 5.35. The van der Waals surface area contributed by atoms with E-state index >= 15 is 0 Å². The van der Waals surface area contributed by atoms with Crippen molar-refractivity contribution < 1.29 is 4.79 Å². The molecule has 164 valence electrons. The summed E-state index contributed by atoms with van der Waals surface area (Å²) in [5.74, 6) is 0.290. The van der Waals surface area contributed by atoms with Gasteiger partial charge in [-0.2, -0.15) is 5.10 Å². The van der Waals surface area contributed by atoms with Crippen LogP contribution in [0.4, 0.5) is 5.82 Å². The summed E-state index contributed by atoms with van der Waals surface area (Å²) in [5, 5.41) is 9.30. The molecular weight excluding hydrogens is 459 g/mol. The van der Waals surface area contributed by atoms with Crippen LogP contribution >= 0.6 is 23.2 Å². The van der Waals surface area contributed by atoms with Crippen molar-refractivity contribution in [1.82, 2.24) is 14.3 Å². The van der Waals surface area contributed by atoms with Gasteiger partial charge in [-0.3, -0.25) is 9.59 Å². The molecule has 6 nitrogen and oxygen atoms in total. The molecule has 0 bridgehead atoms. The molecule has 0 saturated carbocycles. The lowest BCUT2D eigenvalue weighted by Gasteiger charge is -2.15. The Bertz CT molecular complexity index is 1510. The molecule has 5 rings (SSSR count). The average Bonchev–Trinajstić information content (AvgIpc) is 3.26. The molecule has 1 amide bonds. The third kappa shape index (κ3) is 3.99. The second-order valence-electron chi connectivity index (χ2n) is 7.58. The van der Waals surface area contributed by atoms with Crippen molar-refractivity contribution >= 4 is 56.7 Å². The number of nitrogens with zero attached hydrogens (tertiary/aromatic N) is 3. The molecule has 0 saturated heterocycles. The van der Waals surface area contributed by atoms with E-state index in [1.54, 1.807) is 35.1 Å². The van der Waals surface area contributed by atoms with Gasteiger partial charge in [0.15, 0.2) is 5.43 Å². The van der Waals surface area contributed by atoms with Crippen molar-refractivity contribution in [2.75, 3.05) is 5.32 Å². The SMILES string of the molecule is O=C(Cn1c2ccccc2c(=O)c2ccccc21)Nc1ccnn1Cc1cccc(Cl)c1Cl. The fourth-order valence-corrected chi connectivity index (χ4v) is 4.35. The van der Waals surface area contributed by atoms with E-state index in [0.717, 1.165) is 5.56 Å². The Kier molecular flexibility index (Phi) is 5.62. The van der Waals surface area contributed by atoms with E-state index in [1.807, 2.05) is 53.1 Å². The number of aromatic nitrogens is 3. The zero-order valence-corrected chi connectivity index (χ0v) is 18.8. The van der Waals surface area contributed by atoms with Crippen molar-refractivity contribution in [2.24, 2.45) is 0 Å². The minimum absolute atomic E-state index is 0.0322. The number of para-hydroxylation sites is 2. The van der Waals surface area contributed by atoms with Gasteiger partial charge in [0.1, 0.15) is 12.4 Å². The van der Waals surface area contributed by atoms with E-state index in [4.69, 9.17) is 23.2 Å². The summed E-state index contributed by atoms with van der Waals surface area (Å²) in [5.41, 5.74) is 2.15. The van der Waals surface area contributed by atoms with Crippen LogP contribution in [-0.2, 0) is 17.9 Å². The van der Waals surface area contributed by atoms with Gasteiger partial charge in [-0.1, -0.05) is 59.6 Å². The molecule has 2 aromatic heterocycles. The largest absolute Gasteiger partial charge is 0.331 e. The molecule has 0 atom stereocenters. The van der Waals surface area contributed by atoms with Crippen molar-refractivity contribution in [3.05, 3.63) is 105 Å². The summed E-state index contributed by atoms with van der Waals surface area (Å²) < 4.78 is 3.51. The first-order valence-electron chi connectivity index (χ1n) is 10.3. The molecule has 5 aromatic rings. The number of pyridine rings is 1. The van der Waals surface area contributed by atoms with Gasteiger partial charge in [-0.15, -0.1) is 0 Å². The third-order valence-electron chi connectivity index (χ3n) is 5.52. The highest BCUT2D eigenvalue weighted by Crippen LogP contribution is 2.27. The number of fused-ring (bicyclic) bond motifs is 2. The van der Waals surface area contributed by atoms with Crippen molar-refractivity contribution in [1.29, 1.82) is 0 Å². The summed E-state index contributed by atoms with van der Waals surface area (Å²) in [6.45, 7) is 0.385. The van der Waals surface area contributed by atoms with Crippen LogP contribution in [0.1, 0.15) is 5.56 Å². The van der Waals surface area contributed by atoms with Crippen LogP contribution in [0.2, 0.25) is 10.0 Å². The average molecular weight is 477 g/mol. The number of halogens is 2. The molecule has 0 aliphatic carbocycles. The molecule has 3 aromatic carbocycles. The number of amides is 1. The Balaban J connectivity index is 1.46. The van der Waals surface area contributed by atoms with E-state index in [0.29, 0.717) is 44.2 Å². The summed E-state index contributed by atoms with van der Waals surface area (Å²) in [7, 11) is 0. The quantitative estimate of drug-likeness (QED) is 0.347. The van der Waals surface area contributed by atoms with E-state index < -0.39 is 0 Å². The molecule has 0 radical (unpaired) electrons. The highest BCUT2D eigenvalue weighted by Gasteiger charge is 2.15. The number of nitrogens with one attached hydrogen (secondary N) is 1. The normalized spacial score (nSPS) is 11.2. The fraction of sp³-hybridized carbons (Fsp3) is 0.0800. The van der Waals surface area contributed by atoms with Crippen molar-refractivity contribution in [3.8, 4) is 0 Å². The van der Waals surface area contributed by atoms with E-state index in [-0.39, 0.29) is 17.9 Å². The number of hydrogen-bond acceptors (Lipinski definition) is 3. The third-order valence-corrected chi connectivity index (χ3v) is 6.37. The number of anilines is 1. The molecule has 0 aliphatic heterocycles. The molecule has 8 heteroatoms. The van der Waals surface area contributed by atoms with Gasteiger partial charge < -0.3 is 9.88 Å². The monoisotopic (exact) mass is 476 g/mol. The van der Waals surface area contributed by atoms with Gasteiger partial charge in [0.25, 0.3) is 0 Å². The van der Waals surface area contributed by atoms with Gasteiger partial charge in [0, 0.05) is 16.8 Å². The molecule has 0 aliphatic rings. The Morgan fingerprint density at radius 3 is 2.24 bits per heavy atom. The molecule has 0 unspecified atom stereocenters. The summed E-state index contributed by atoms with van der Waals surface area (Å²) >= 11 is 12.4. The molecular formula is C25H18Cl2N4O2. The number of hydrogen-bond donors (Lipinski definition) is 1. The lowest BCUT2D eigenvalue weighted by Crippen LogP contribution is -2.23. The van der Waals surface area contributed by atoms with E-state index in [2.05, 4.69) is 10.4 Å². The zero-order valence-electron chi connectivity index (χ0n) is 17.3. The maximum atomic E-state index is 13.1. The van der Waals surface area contributed by atoms with Crippen LogP contribution < -0.4 is 10.7 Å². The minimum atomic E-state index is -0.243. The van der Waals surface area contributed by atoms with Gasteiger partial charge in [-0.25, -0.2) is 4.68 Å². The van der Waals surface area contributed by atoms with Gasteiger partial charge in [0.2, 0.25) is 5.91 Å². The van der Waals surface area contributed by atoms with Crippen molar-refractivity contribution in [2.45, 2.75) is 13.1 Å². The summed E-state index contributed by atoms with van der Waals surface area (Å²) in [6, 6.07) is 21.7. The maximum absolute atomic E-state index is 13.1. The Morgan fingerprint density at radius 1 is 0.879 bits per heavy atom. The van der Waals surface area contributed by atoms with Crippen LogP contribution in [-0.4, -0.2) is 20.3 Å². The Hall–Kier alpha value is -3.61. The van der Waals surface area contributed by atoms with Crippen LogP contribution in [0.25, 0.3) is 21.8 Å². The first kappa shape index (κ1) is 21.2.